The minimum atomic E-state index is -3.10. The minimum Gasteiger partial charge on any atom is -0.456 e. The summed E-state index contributed by atoms with van der Waals surface area (Å²) in [5, 5.41) is 17.0. The van der Waals surface area contributed by atoms with Gasteiger partial charge in [0.25, 0.3) is 0 Å². The lowest BCUT2D eigenvalue weighted by molar-refractivity contribution is -0.345. The summed E-state index contributed by atoms with van der Waals surface area (Å²) in [6.07, 6.45) is -6.41. The summed E-state index contributed by atoms with van der Waals surface area (Å²) in [7, 11) is -3.10. The molecule has 2 saturated carbocycles. The van der Waals surface area contributed by atoms with E-state index in [-0.39, 0.29) is 40.8 Å². The molecular weight excluding hydrogens is 930 g/mol. The van der Waals surface area contributed by atoms with E-state index in [0.717, 1.165) is 0 Å². The van der Waals surface area contributed by atoms with E-state index in [9.17, 15) is 19.5 Å². The van der Waals surface area contributed by atoms with Gasteiger partial charge in [-0.05, 0) is 92.6 Å². The van der Waals surface area contributed by atoms with Gasteiger partial charge in [0.2, 0.25) is 8.32 Å². The van der Waals surface area contributed by atoms with Crippen molar-refractivity contribution >= 4 is 32.3 Å². The van der Waals surface area contributed by atoms with Crippen molar-refractivity contribution in [3.05, 3.63) is 95.3 Å². The Balaban J connectivity index is 1.45. The molecule has 71 heavy (non-hydrogen) atoms. The van der Waals surface area contributed by atoms with Gasteiger partial charge in [-0.2, -0.15) is 0 Å². The minimum absolute atomic E-state index is 0.0320. The number of amides is 1. The third kappa shape index (κ3) is 9.43. The molecule has 14 nitrogen and oxygen atoms in total. The van der Waals surface area contributed by atoms with E-state index >= 15 is 9.18 Å². The summed E-state index contributed by atoms with van der Waals surface area (Å²) in [5.74, 6) is -3.94. The maximum Gasteiger partial charge on any atom is 0.408 e. The molecule has 4 fully saturated rings. The highest BCUT2D eigenvalue weighted by molar-refractivity contribution is 6.77. The van der Waals surface area contributed by atoms with Crippen LogP contribution in [0, 0.1) is 22.6 Å². The van der Waals surface area contributed by atoms with Gasteiger partial charge in [0.1, 0.15) is 41.4 Å². The van der Waals surface area contributed by atoms with Gasteiger partial charge >= 0.3 is 24.0 Å². The van der Waals surface area contributed by atoms with E-state index in [1.807, 2.05) is 69.2 Å². The van der Waals surface area contributed by atoms with Crippen LogP contribution in [0.25, 0.3) is 0 Å². The van der Waals surface area contributed by atoms with E-state index in [0.29, 0.717) is 24.0 Å². The van der Waals surface area contributed by atoms with Crippen LogP contribution >= 0.6 is 0 Å². The number of carbonyl (C=O) groups excluding carboxylic acids is 4. The Morgan fingerprint density at radius 1 is 0.930 bits per heavy atom. The van der Waals surface area contributed by atoms with Crippen molar-refractivity contribution in [2.45, 2.75) is 199 Å². The van der Waals surface area contributed by atoms with Crippen molar-refractivity contribution in [3.8, 4) is 0 Å². The van der Waals surface area contributed by atoms with E-state index < -0.39 is 121 Å². The maximum atomic E-state index is 16.3. The molecule has 0 spiro atoms. The molecule has 16 heteroatoms. The fourth-order valence-corrected chi connectivity index (χ4v) is 18.8. The van der Waals surface area contributed by atoms with Crippen LogP contribution in [0.3, 0.4) is 0 Å². The Hall–Kier alpha value is -4.45. The molecule has 12 atom stereocenters. The molecule has 0 radical (unpaired) electrons. The second-order valence-electron chi connectivity index (χ2n) is 23.1. The lowest BCUT2D eigenvalue weighted by atomic mass is 9.45. The normalized spacial score (nSPS) is 32.0. The first kappa shape index (κ1) is 54.3. The third-order valence-electron chi connectivity index (χ3n) is 16.5. The highest BCUT2D eigenvalue weighted by atomic mass is 28.4. The second-order valence-corrected chi connectivity index (χ2v) is 28.5. The van der Waals surface area contributed by atoms with Crippen LogP contribution < -0.4 is 5.32 Å². The van der Waals surface area contributed by atoms with Gasteiger partial charge in [-0.1, -0.05) is 105 Å². The van der Waals surface area contributed by atoms with E-state index in [1.54, 1.807) is 63.2 Å². The number of ether oxygens (including phenoxy) is 7. The van der Waals surface area contributed by atoms with Crippen LogP contribution in [-0.4, -0.2) is 104 Å². The number of alkyl carbamates (subject to hydrolysis) is 1. The monoisotopic (exact) mass is 1010 g/mol. The van der Waals surface area contributed by atoms with Crippen LogP contribution in [0.5, 0.6) is 0 Å². The zero-order valence-electron chi connectivity index (χ0n) is 44.0. The van der Waals surface area contributed by atoms with Crippen LogP contribution in [0.1, 0.15) is 138 Å². The first-order valence-corrected chi connectivity index (χ1v) is 27.3. The molecule has 5 aliphatic rings. The van der Waals surface area contributed by atoms with Gasteiger partial charge in [0.05, 0.1) is 30.2 Å². The number of halogens is 1. The third-order valence-corrected chi connectivity index (χ3v) is 22.5. The smallest absolute Gasteiger partial charge is 0.408 e. The SMILES string of the molecule is C=C[C@@H]1O[C@@H]2C3=C(C)[C@@H](OC(=O)[C@H](O[Si](C(C)C)(C(C)C)C(C)C)[C@@H](NC(=O)OC(C)(C)C)c4ccccc4F)C[C@@](O)([C@@H](OC(=O)c4ccccc4)[C@H]4[C@@](C)(CC[C@H]5OC[C@]54OC(C)=O)[C@@H]2O1)C3(C)C. The molecule has 2 saturated heterocycles. The van der Waals surface area contributed by atoms with Crippen LogP contribution in [0.4, 0.5) is 9.18 Å². The fourth-order valence-electron chi connectivity index (χ4n) is 13.3. The Labute approximate surface area is 419 Å². The molecule has 2 aromatic rings. The number of hydrogen-bond donors (Lipinski definition) is 2. The van der Waals surface area contributed by atoms with Gasteiger partial charge in [-0.3, -0.25) is 4.79 Å². The average molecular weight is 1010 g/mol. The van der Waals surface area contributed by atoms with Crippen LogP contribution in [0.2, 0.25) is 16.6 Å². The summed E-state index contributed by atoms with van der Waals surface area (Å²) >= 11 is 0. The van der Waals surface area contributed by atoms with Crippen molar-refractivity contribution in [1.29, 1.82) is 0 Å². The molecule has 2 bridgehead atoms. The molecule has 390 valence electrons. The highest BCUT2D eigenvalue weighted by Gasteiger charge is 2.77. The molecule has 2 N–H and O–H groups in total. The lowest BCUT2D eigenvalue weighted by Gasteiger charge is -2.68. The van der Waals surface area contributed by atoms with Crippen molar-refractivity contribution in [3.63, 3.8) is 0 Å². The Morgan fingerprint density at radius 2 is 1.55 bits per heavy atom. The second kappa shape index (κ2) is 19.8. The molecule has 2 aromatic carbocycles. The van der Waals surface area contributed by atoms with Gasteiger partial charge in [0.15, 0.2) is 18.0 Å². The summed E-state index contributed by atoms with van der Waals surface area (Å²) in [6.45, 7) is 30.1. The Kier molecular flexibility index (Phi) is 15.1. The average Bonchev–Trinajstić information content (AvgIpc) is 3.70. The summed E-state index contributed by atoms with van der Waals surface area (Å²) in [5.41, 5.74) is -5.76. The summed E-state index contributed by atoms with van der Waals surface area (Å²) in [6, 6.07) is 12.8. The predicted octanol–water partition coefficient (Wildman–Crippen LogP) is 9.99. The summed E-state index contributed by atoms with van der Waals surface area (Å²) in [4.78, 5) is 57.6. The Bertz CT molecular complexity index is 2360. The van der Waals surface area contributed by atoms with Crippen LogP contribution in [-0.2, 0) is 47.2 Å². The van der Waals surface area contributed by atoms with E-state index in [1.165, 1.54) is 25.1 Å². The number of nitrogens with one attached hydrogen (secondary N) is 1. The molecule has 0 aromatic heterocycles. The first-order chi connectivity index (χ1) is 33.1. The largest absolute Gasteiger partial charge is 0.456 e. The molecule has 2 heterocycles. The van der Waals surface area contributed by atoms with E-state index in [2.05, 4.69) is 11.9 Å². The van der Waals surface area contributed by atoms with E-state index in [4.69, 9.17) is 37.6 Å². The maximum absolute atomic E-state index is 16.3. The van der Waals surface area contributed by atoms with Crippen LogP contribution in [0.15, 0.2) is 78.4 Å². The Morgan fingerprint density at radius 3 is 2.10 bits per heavy atom. The molecule has 0 unspecified atom stereocenters. The number of fused-ring (bicyclic) bond motifs is 8. The van der Waals surface area contributed by atoms with Gasteiger partial charge in [0, 0.05) is 29.7 Å². The summed E-state index contributed by atoms with van der Waals surface area (Å²) < 4.78 is 69.1. The number of carbonyl (C=O) groups is 4. The van der Waals surface area contributed by atoms with Gasteiger partial charge in [-0.25, -0.2) is 18.8 Å². The molecule has 3 aliphatic carbocycles. The number of benzene rings is 2. The number of esters is 3. The highest BCUT2D eigenvalue weighted by Crippen LogP contribution is 2.67. The van der Waals surface area contributed by atoms with Crippen molar-refractivity contribution in [2.24, 2.45) is 16.7 Å². The number of aliphatic hydroxyl groups is 1. The topological polar surface area (TPSA) is 174 Å². The zero-order valence-corrected chi connectivity index (χ0v) is 45.0. The first-order valence-electron chi connectivity index (χ1n) is 25.2. The predicted molar refractivity (Wildman–Crippen MR) is 265 cm³/mol. The molecular formula is C55H76FNO13Si. The zero-order chi connectivity index (χ0) is 52.4. The quantitative estimate of drug-likeness (QED) is 0.0793. The molecule has 2 aliphatic heterocycles. The lowest BCUT2D eigenvalue weighted by Crippen LogP contribution is -2.79. The standard InChI is InChI=1S/C55H76FNO13Si/c1-16-40-65-43-41-33(8)38(64-49(60)44(70-71(30(2)3,31(4)5)32(6)7)42(36-24-20-21-25-37(36)56)57-50(61)69-51(10,11)12)28-55(62,52(41,13)14)47(67-48(59)35-22-18-17-19-23-35)45-53(15,46(43)66-40)27-26-39-54(45,29-63-39)68-34(9)58/h16-25,30-32,38-40,42-47,62H,1,26-29H2,2-15H3,(H,57,61)/t38-,39+,40+,42-,43+,44+,45-,46+,47-,53+,54-,55+/m0/s1. The van der Waals surface area contributed by atoms with Crippen molar-refractivity contribution in [2.75, 3.05) is 6.61 Å². The van der Waals surface area contributed by atoms with Gasteiger partial charge < -0.3 is 48.0 Å². The number of hydrogen-bond acceptors (Lipinski definition) is 13. The van der Waals surface area contributed by atoms with Crippen molar-refractivity contribution < 1.29 is 66.3 Å². The molecule has 7 rings (SSSR count). The molecule has 1 amide bonds. The number of rotatable bonds is 14. The van der Waals surface area contributed by atoms with Crippen molar-refractivity contribution in [1.82, 2.24) is 5.32 Å². The van der Waals surface area contributed by atoms with Gasteiger partial charge in [-0.15, -0.1) is 0 Å². The fraction of sp³-hybridized carbons (Fsp3) is 0.636.